The van der Waals surface area contributed by atoms with Gasteiger partial charge in [-0.1, -0.05) is 30.8 Å². The van der Waals surface area contributed by atoms with Crippen molar-refractivity contribution < 1.29 is 18.8 Å². The van der Waals surface area contributed by atoms with Crippen LogP contribution < -0.4 is 11.1 Å². The van der Waals surface area contributed by atoms with E-state index in [1.807, 2.05) is 0 Å². The summed E-state index contributed by atoms with van der Waals surface area (Å²) in [6.07, 6.45) is 5.73. The van der Waals surface area contributed by atoms with E-state index in [1.54, 1.807) is 13.8 Å². The number of carbonyl (C=O) groups is 2. The number of aryl methyl sites for hydroxylation is 1. The minimum atomic E-state index is -0.885. The Morgan fingerprint density at radius 1 is 1.32 bits per heavy atom. The van der Waals surface area contributed by atoms with Gasteiger partial charge >= 0.3 is 5.97 Å². The number of esters is 1. The lowest BCUT2D eigenvalue weighted by atomic mass is 10.1. The third-order valence-electron chi connectivity index (χ3n) is 3.95. The quantitative estimate of drug-likeness (QED) is 0.650. The first-order valence-electron chi connectivity index (χ1n) is 7.72. The zero-order chi connectivity index (χ0) is 16.1. The number of nitrogen functional groups attached to an aromatic ring is 1. The second-order valence-electron chi connectivity index (χ2n) is 5.75. The Kier molecular flexibility index (Phi) is 5.41. The van der Waals surface area contributed by atoms with Crippen LogP contribution in [-0.2, 0) is 9.53 Å². The van der Waals surface area contributed by atoms with Crippen LogP contribution in [0.4, 0.5) is 5.88 Å². The molecule has 1 aliphatic carbocycles. The highest BCUT2D eigenvalue weighted by atomic mass is 16.5. The minimum absolute atomic E-state index is 0.0779. The Bertz CT molecular complexity index is 513. The molecule has 1 fully saturated rings. The highest BCUT2D eigenvalue weighted by molar-refractivity contribution is 5.96. The topological polar surface area (TPSA) is 107 Å². The Morgan fingerprint density at radius 2 is 1.95 bits per heavy atom. The van der Waals surface area contributed by atoms with Gasteiger partial charge in [0.25, 0.3) is 5.91 Å². The van der Waals surface area contributed by atoms with Crippen molar-refractivity contribution in [2.45, 2.75) is 64.5 Å². The first-order valence-corrected chi connectivity index (χ1v) is 7.72. The van der Waals surface area contributed by atoms with Gasteiger partial charge in [-0.2, -0.15) is 0 Å². The van der Waals surface area contributed by atoms with Crippen LogP contribution in [0.2, 0.25) is 0 Å². The van der Waals surface area contributed by atoms with Crippen molar-refractivity contribution in [3.63, 3.8) is 0 Å². The zero-order valence-electron chi connectivity index (χ0n) is 13.1. The molecule has 1 aromatic rings. The van der Waals surface area contributed by atoms with Crippen LogP contribution in [0, 0.1) is 6.92 Å². The fourth-order valence-corrected chi connectivity index (χ4v) is 2.65. The number of hydrogen-bond donors (Lipinski definition) is 2. The number of amides is 1. The Hall–Kier alpha value is -2.05. The van der Waals surface area contributed by atoms with Crippen LogP contribution in [0.3, 0.4) is 0 Å². The Morgan fingerprint density at radius 3 is 2.50 bits per heavy atom. The first kappa shape index (κ1) is 16.3. The third-order valence-corrected chi connectivity index (χ3v) is 3.95. The smallest absolute Gasteiger partial charge is 0.346 e. The minimum Gasteiger partial charge on any atom is -0.449 e. The number of aromatic nitrogens is 1. The number of rotatable bonds is 4. The normalized spacial score (nSPS) is 17.5. The van der Waals surface area contributed by atoms with Crippen molar-refractivity contribution in [3.8, 4) is 0 Å². The molecule has 0 unspecified atom stereocenters. The standard InChI is InChI=1S/C15H23N3O4/c1-9-12(13(16)22-18-9)15(20)21-10(2)14(19)17-11-7-5-3-4-6-8-11/h10-11H,3-8,16H2,1-2H3,(H,17,19)/t10-/m0/s1. The van der Waals surface area contributed by atoms with Crippen molar-refractivity contribution in [2.75, 3.05) is 5.73 Å². The van der Waals surface area contributed by atoms with Gasteiger partial charge in [0, 0.05) is 6.04 Å². The highest BCUT2D eigenvalue weighted by Gasteiger charge is 2.26. The lowest BCUT2D eigenvalue weighted by molar-refractivity contribution is -0.129. The fourth-order valence-electron chi connectivity index (χ4n) is 2.65. The molecule has 3 N–H and O–H groups in total. The molecule has 1 saturated carbocycles. The van der Waals surface area contributed by atoms with Gasteiger partial charge in [0.15, 0.2) is 6.10 Å². The molecule has 0 bridgehead atoms. The summed E-state index contributed by atoms with van der Waals surface area (Å²) < 4.78 is 9.88. The molecular weight excluding hydrogens is 286 g/mol. The predicted molar refractivity (Wildman–Crippen MR) is 80.2 cm³/mol. The number of hydrogen-bond acceptors (Lipinski definition) is 6. The summed E-state index contributed by atoms with van der Waals surface area (Å²) in [4.78, 5) is 24.2. The van der Waals surface area contributed by atoms with Crippen molar-refractivity contribution in [2.24, 2.45) is 0 Å². The first-order chi connectivity index (χ1) is 10.5. The largest absolute Gasteiger partial charge is 0.449 e. The van der Waals surface area contributed by atoms with Crippen LogP contribution in [0.15, 0.2) is 4.52 Å². The number of anilines is 1. The van der Waals surface area contributed by atoms with Gasteiger partial charge < -0.3 is 20.3 Å². The molecular formula is C15H23N3O4. The number of nitrogens with two attached hydrogens (primary N) is 1. The average Bonchev–Trinajstić information content (AvgIpc) is 2.67. The number of carbonyl (C=O) groups excluding carboxylic acids is 2. The third kappa shape index (κ3) is 3.99. The summed E-state index contributed by atoms with van der Waals surface area (Å²) in [6.45, 7) is 3.13. The van der Waals surface area contributed by atoms with Gasteiger partial charge in [0.1, 0.15) is 5.56 Å². The van der Waals surface area contributed by atoms with E-state index < -0.39 is 12.1 Å². The van der Waals surface area contributed by atoms with Crippen molar-refractivity contribution >= 4 is 17.8 Å². The number of nitrogens with zero attached hydrogens (tertiary/aromatic N) is 1. The lowest BCUT2D eigenvalue weighted by Crippen LogP contribution is -2.41. The predicted octanol–water partition coefficient (Wildman–Crippen LogP) is 1.95. The number of nitrogens with one attached hydrogen (secondary N) is 1. The van der Waals surface area contributed by atoms with E-state index in [9.17, 15) is 9.59 Å². The van der Waals surface area contributed by atoms with E-state index in [4.69, 9.17) is 15.0 Å². The molecule has 22 heavy (non-hydrogen) atoms. The molecule has 1 heterocycles. The Balaban J connectivity index is 1.89. The molecule has 1 aliphatic rings. The summed E-state index contributed by atoms with van der Waals surface area (Å²) in [5.74, 6) is -1.08. The van der Waals surface area contributed by atoms with Gasteiger partial charge in [-0.3, -0.25) is 4.79 Å². The average molecular weight is 309 g/mol. The number of ether oxygens (including phenoxy) is 1. The van der Waals surface area contributed by atoms with Gasteiger partial charge in [-0.15, -0.1) is 0 Å². The van der Waals surface area contributed by atoms with Crippen LogP contribution >= 0.6 is 0 Å². The Labute approximate surface area is 129 Å². The molecule has 0 saturated heterocycles. The van der Waals surface area contributed by atoms with Crippen molar-refractivity contribution in [1.82, 2.24) is 10.5 Å². The van der Waals surface area contributed by atoms with E-state index >= 15 is 0 Å². The summed E-state index contributed by atoms with van der Waals surface area (Å²) in [5, 5.41) is 6.54. The zero-order valence-corrected chi connectivity index (χ0v) is 13.1. The van der Waals surface area contributed by atoms with Crippen LogP contribution in [0.5, 0.6) is 0 Å². The highest BCUT2D eigenvalue weighted by Crippen LogP contribution is 2.19. The molecule has 2 rings (SSSR count). The van der Waals surface area contributed by atoms with Crippen LogP contribution in [0.25, 0.3) is 0 Å². The van der Waals surface area contributed by atoms with E-state index in [1.165, 1.54) is 12.8 Å². The maximum atomic E-state index is 12.1. The van der Waals surface area contributed by atoms with Crippen molar-refractivity contribution in [3.05, 3.63) is 11.3 Å². The van der Waals surface area contributed by atoms with Crippen molar-refractivity contribution in [1.29, 1.82) is 0 Å². The second-order valence-corrected chi connectivity index (χ2v) is 5.75. The van der Waals surface area contributed by atoms with Gasteiger partial charge in [-0.25, -0.2) is 4.79 Å². The molecule has 122 valence electrons. The SMILES string of the molecule is Cc1noc(N)c1C(=O)O[C@@H](C)C(=O)NC1CCCCCC1. The molecule has 1 atom stereocenters. The summed E-state index contributed by atoms with van der Waals surface area (Å²) in [6, 6.07) is 0.165. The molecule has 7 nitrogen and oxygen atoms in total. The molecule has 0 radical (unpaired) electrons. The fraction of sp³-hybridized carbons (Fsp3) is 0.667. The molecule has 0 aromatic carbocycles. The van der Waals surface area contributed by atoms with E-state index in [2.05, 4.69) is 10.5 Å². The van der Waals surface area contributed by atoms with E-state index in [0.717, 1.165) is 25.7 Å². The van der Waals surface area contributed by atoms with E-state index in [0.29, 0.717) is 5.69 Å². The lowest BCUT2D eigenvalue weighted by Gasteiger charge is -2.19. The summed E-state index contributed by atoms with van der Waals surface area (Å²) >= 11 is 0. The maximum Gasteiger partial charge on any atom is 0.346 e. The van der Waals surface area contributed by atoms with Gasteiger partial charge in [-0.05, 0) is 26.7 Å². The molecule has 0 aliphatic heterocycles. The van der Waals surface area contributed by atoms with Gasteiger partial charge in [0.2, 0.25) is 5.88 Å². The molecule has 0 spiro atoms. The van der Waals surface area contributed by atoms with Crippen LogP contribution in [0.1, 0.15) is 61.5 Å². The van der Waals surface area contributed by atoms with Gasteiger partial charge in [0.05, 0.1) is 5.69 Å². The van der Waals surface area contributed by atoms with Crippen LogP contribution in [-0.4, -0.2) is 29.2 Å². The molecule has 7 heteroatoms. The maximum absolute atomic E-state index is 12.1. The monoisotopic (exact) mass is 309 g/mol. The second kappa shape index (κ2) is 7.29. The summed E-state index contributed by atoms with van der Waals surface area (Å²) in [5.41, 5.74) is 5.95. The molecule has 1 aromatic heterocycles. The molecule has 1 amide bonds. The summed E-state index contributed by atoms with van der Waals surface area (Å²) in [7, 11) is 0. The van der Waals surface area contributed by atoms with E-state index in [-0.39, 0.29) is 23.4 Å².